The number of ether oxygens (including phenoxy) is 2. The van der Waals surface area contributed by atoms with Gasteiger partial charge in [0, 0.05) is 16.8 Å². The smallest absolute Gasteiger partial charge is 0.255 e. The van der Waals surface area contributed by atoms with Crippen LogP contribution in [0, 0.1) is 0 Å². The molecule has 1 aromatic heterocycles. The van der Waals surface area contributed by atoms with Crippen molar-refractivity contribution in [2.75, 3.05) is 18.5 Å². The van der Waals surface area contributed by atoms with Gasteiger partial charge in [-0.05, 0) is 48.5 Å². The van der Waals surface area contributed by atoms with Crippen LogP contribution in [0.2, 0.25) is 0 Å². The van der Waals surface area contributed by atoms with Crippen molar-refractivity contribution in [3.63, 3.8) is 0 Å². The van der Waals surface area contributed by atoms with Crippen molar-refractivity contribution < 1.29 is 18.7 Å². The van der Waals surface area contributed by atoms with Crippen molar-refractivity contribution in [3.8, 4) is 23.0 Å². The fraction of sp³-hybridized carbons (Fsp3) is 0.0909. The summed E-state index contributed by atoms with van der Waals surface area (Å²) in [6.07, 6.45) is 0. The van der Waals surface area contributed by atoms with Crippen molar-refractivity contribution in [1.29, 1.82) is 0 Å². The number of benzene rings is 3. The molecule has 3 aromatic carbocycles. The van der Waals surface area contributed by atoms with Crippen LogP contribution in [0.4, 0.5) is 5.69 Å². The average Bonchev–Trinajstić information content (AvgIpc) is 3.18. The van der Waals surface area contributed by atoms with Crippen molar-refractivity contribution >= 4 is 22.7 Å². The lowest BCUT2D eigenvalue weighted by molar-refractivity contribution is 0.102. The Bertz CT molecular complexity index is 1150. The first-order chi connectivity index (χ1) is 13.8. The predicted molar refractivity (Wildman–Crippen MR) is 105 cm³/mol. The molecule has 138 valence electrons. The van der Waals surface area contributed by atoms with E-state index in [4.69, 9.17) is 13.9 Å². The summed E-state index contributed by atoms with van der Waals surface area (Å²) < 4.78 is 16.8. The molecule has 0 aliphatic carbocycles. The molecule has 6 nitrogen and oxygen atoms in total. The molecule has 0 atom stereocenters. The molecule has 28 heavy (non-hydrogen) atoms. The van der Waals surface area contributed by atoms with Crippen LogP contribution in [0.15, 0.2) is 71.1 Å². The maximum Gasteiger partial charge on any atom is 0.255 e. The molecule has 0 radical (unpaired) electrons. The number of nitrogens with one attached hydrogen (secondary N) is 1. The molecule has 2 heterocycles. The van der Waals surface area contributed by atoms with E-state index in [2.05, 4.69) is 10.3 Å². The number of carbonyl (C=O) groups is 1. The van der Waals surface area contributed by atoms with Crippen LogP contribution in [-0.4, -0.2) is 24.1 Å². The maximum atomic E-state index is 12.6. The number of hydrogen-bond donors (Lipinski definition) is 1. The van der Waals surface area contributed by atoms with Gasteiger partial charge in [0.2, 0.25) is 5.89 Å². The number of amides is 1. The van der Waals surface area contributed by atoms with E-state index in [-0.39, 0.29) is 5.91 Å². The van der Waals surface area contributed by atoms with Gasteiger partial charge in [-0.1, -0.05) is 18.2 Å². The minimum Gasteiger partial charge on any atom is -0.486 e. The van der Waals surface area contributed by atoms with E-state index in [0.29, 0.717) is 41.9 Å². The number of hydrogen-bond acceptors (Lipinski definition) is 5. The van der Waals surface area contributed by atoms with E-state index in [1.165, 1.54) is 0 Å². The number of rotatable bonds is 3. The molecule has 0 saturated heterocycles. The summed E-state index contributed by atoms with van der Waals surface area (Å²) in [6.45, 7) is 0.992. The highest BCUT2D eigenvalue weighted by Crippen LogP contribution is 2.31. The fourth-order valence-corrected chi connectivity index (χ4v) is 3.11. The van der Waals surface area contributed by atoms with E-state index in [9.17, 15) is 4.79 Å². The van der Waals surface area contributed by atoms with E-state index >= 15 is 0 Å². The van der Waals surface area contributed by atoms with Gasteiger partial charge in [-0.25, -0.2) is 4.98 Å². The quantitative estimate of drug-likeness (QED) is 0.572. The summed E-state index contributed by atoms with van der Waals surface area (Å²) in [4.78, 5) is 17.1. The Morgan fingerprint density at radius 1 is 0.893 bits per heavy atom. The summed E-state index contributed by atoms with van der Waals surface area (Å²) in [7, 11) is 0. The van der Waals surface area contributed by atoms with Crippen LogP contribution in [0.5, 0.6) is 11.5 Å². The van der Waals surface area contributed by atoms with Crippen LogP contribution in [-0.2, 0) is 0 Å². The minimum absolute atomic E-state index is 0.230. The van der Waals surface area contributed by atoms with Gasteiger partial charge in [0.15, 0.2) is 17.1 Å². The third-order valence-corrected chi connectivity index (χ3v) is 4.47. The first-order valence-electron chi connectivity index (χ1n) is 8.93. The summed E-state index contributed by atoms with van der Waals surface area (Å²) in [5.41, 5.74) is 3.46. The molecule has 4 aromatic rings. The number of nitrogens with zero attached hydrogens (tertiary/aromatic N) is 1. The lowest BCUT2D eigenvalue weighted by Crippen LogP contribution is -2.17. The molecule has 1 aliphatic rings. The molecule has 1 aliphatic heterocycles. The SMILES string of the molecule is O=C(Nc1cccc(-c2nc3ccccc3o2)c1)c1ccc2c(c1)OCCO2. The normalized spacial score (nSPS) is 12.7. The molecule has 5 rings (SSSR count). The molecule has 0 saturated carbocycles. The number of fused-ring (bicyclic) bond motifs is 2. The van der Waals surface area contributed by atoms with Gasteiger partial charge in [-0.3, -0.25) is 4.79 Å². The van der Waals surface area contributed by atoms with Crippen LogP contribution < -0.4 is 14.8 Å². The second-order valence-electron chi connectivity index (χ2n) is 6.38. The third-order valence-electron chi connectivity index (χ3n) is 4.47. The summed E-state index contributed by atoms with van der Waals surface area (Å²) in [6, 6.07) is 20.1. The minimum atomic E-state index is -0.230. The van der Waals surface area contributed by atoms with Gasteiger partial charge in [-0.15, -0.1) is 0 Å². The van der Waals surface area contributed by atoms with Gasteiger partial charge in [0.05, 0.1) is 0 Å². The average molecular weight is 372 g/mol. The van der Waals surface area contributed by atoms with Crippen LogP contribution >= 0.6 is 0 Å². The summed E-state index contributed by atoms with van der Waals surface area (Å²) >= 11 is 0. The molecule has 6 heteroatoms. The Labute approximate surface area is 160 Å². The monoisotopic (exact) mass is 372 g/mol. The van der Waals surface area contributed by atoms with Crippen molar-refractivity contribution in [3.05, 3.63) is 72.3 Å². The van der Waals surface area contributed by atoms with E-state index < -0.39 is 0 Å². The lowest BCUT2D eigenvalue weighted by atomic mass is 10.1. The number of para-hydroxylation sites is 2. The first kappa shape index (κ1) is 16.4. The standard InChI is InChI=1S/C22H16N2O4/c25-21(14-8-9-19-20(13-14)27-11-10-26-19)23-16-5-3-4-15(12-16)22-24-17-6-1-2-7-18(17)28-22/h1-9,12-13H,10-11H2,(H,23,25). The zero-order valence-electron chi connectivity index (χ0n) is 14.8. The van der Waals surface area contributed by atoms with E-state index in [1.54, 1.807) is 18.2 Å². The predicted octanol–water partition coefficient (Wildman–Crippen LogP) is 4.52. The highest BCUT2D eigenvalue weighted by atomic mass is 16.6. The van der Waals surface area contributed by atoms with E-state index in [1.807, 2.05) is 48.5 Å². The Balaban J connectivity index is 1.40. The number of anilines is 1. The lowest BCUT2D eigenvalue weighted by Gasteiger charge is -2.18. The summed E-state index contributed by atoms with van der Waals surface area (Å²) in [5, 5.41) is 2.90. The Morgan fingerprint density at radius 2 is 1.75 bits per heavy atom. The van der Waals surface area contributed by atoms with Crippen molar-refractivity contribution in [2.24, 2.45) is 0 Å². The zero-order valence-corrected chi connectivity index (χ0v) is 14.8. The molecule has 0 spiro atoms. The first-order valence-corrected chi connectivity index (χ1v) is 8.93. The summed E-state index contributed by atoms with van der Waals surface area (Å²) in [5.74, 6) is 1.52. The second kappa shape index (κ2) is 6.74. The van der Waals surface area contributed by atoms with Gasteiger partial charge in [-0.2, -0.15) is 0 Å². The molecular weight excluding hydrogens is 356 g/mol. The van der Waals surface area contributed by atoms with Crippen molar-refractivity contribution in [1.82, 2.24) is 4.98 Å². The fourth-order valence-electron chi connectivity index (χ4n) is 3.11. The zero-order chi connectivity index (χ0) is 18.9. The maximum absolute atomic E-state index is 12.6. The number of oxazole rings is 1. The van der Waals surface area contributed by atoms with Crippen LogP contribution in [0.25, 0.3) is 22.6 Å². The molecule has 1 N–H and O–H groups in total. The molecule has 0 fully saturated rings. The molecular formula is C22H16N2O4. The van der Waals surface area contributed by atoms with Gasteiger partial charge < -0.3 is 19.2 Å². The highest BCUT2D eigenvalue weighted by Gasteiger charge is 2.15. The van der Waals surface area contributed by atoms with Crippen molar-refractivity contribution in [2.45, 2.75) is 0 Å². The Morgan fingerprint density at radius 3 is 2.64 bits per heavy atom. The topological polar surface area (TPSA) is 73.6 Å². The molecule has 0 unspecified atom stereocenters. The van der Waals surface area contributed by atoms with Gasteiger partial charge in [0.1, 0.15) is 18.7 Å². The Hall–Kier alpha value is -3.80. The largest absolute Gasteiger partial charge is 0.486 e. The highest BCUT2D eigenvalue weighted by molar-refractivity contribution is 6.05. The Kier molecular flexibility index (Phi) is 3.94. The number of carbonyl (C=O) groups excluding carboxylic acids is 1. The molecule has 1 amide bonds. The van der Waals surface area contributed by atoms with Gasteiger partial charge >= 0.3 is 0 Å². The van der Waals surface area contributed by atoms with E-state index in [0.717, 1.165) is 16.7 Å². The van der Waals surface area contributed by atoms with Crippen LogP contribution in [0.1, 0.15) is 10.4 Å². The second-order valence-corrected chi connectivity index (χ2v) is 6.38. The molecule has 0 bridgehead atoms. The van der Waals surface area contributed by atoms with Crippen LogP contribution in [0.3, 0.4) is 0 Å². The third kappa shape index (κ3) is 3.05. The number of aromatic nitrogens is 1. The van der Waals surface area contributed by atoms with Gasteiger partial charge in [0.25, 0.3) is 5.91 Å².